The van der Waals surface area contributed by atoms with Crippen molar-refractivity contribution in [2.24, 2.45) is 0 Å². The van der Waals surface area contributed by atoms with E-state index in [0.717, 1.165) is 10.8 Å². The fraction of sp³-hybridized carbons (Fsp3) is 0. The first-order valence-corrected chi connectivity index (χ1v) is 12.6. The summed E-state index contributed by atoms with van der Waals surface area (Å²) < 4.78 is 140. The molecule has 0 heterocycles. The predicted octanol–water partition coefficient (Wildman–Crippen LogP) is 11.4. The van der Waals surface area contributed by atoms with Crippen LogP contribution in [0.1, 0.15) is 21.9 Å². The molecule has 9 aromatic carbocycles. The zero-order valence-electron chi connectivity index (χ0n) is 36.6. The molecule has 0 aliphatic rings. The molecule has 0 unspecified atom stereocenters. The Morgan fingerprint density at radius 1 is 0.350 bits per heavy atom. The normalized spacial score (nSPS) is 17.6. The van der Waals surface area contributed by atoms with Crippen LogP contribution in [0.5, 0.6) is 0 Å². The molecule has 0 bridgehead atoms. The van der Waals surface area contributed by atoms with Gasteiger partial charge in [0.15, 0.2) is 0 Å². The van der Waals surface area contributed by atoms with E-state index in [1.807, 2.05) is 18.2 Å². The van der Waals surface area contributed by atoms with Crippen molar-refractivity contribution >= 4 is 64.6 Å². The van der Waals surface area contributed by atoms with Gasteiger partial charge in [0.05, 0.1) is 21.9 Å². The Morgan fingerprint density at radius 2 is 0.925 bits per heavy atom. The van der Waals surface area contributed by atoms with Gasteiger partial charge in [-0.25, -0.2) is 0 Å². The van der Waals surface area contributed by atoms with Crippen LogP contribution < -0.4 is 0 Å². The van der Waals surface area contributed by atoms with E-state index in [4.69, 9.17) is 19.2 Å². The summed E-state index contributed by atoms with van der Waals surface area (Å²) >= 11 is 0. The van der Waals surface area contributed by atoms with Crippen LogP contribution in [0.15, 0.2) is 145 Å². The zero-order valence-corrected chi connectivity index (χ0v) is 20.6. The van der Waals surface area contributed by atoms with Gasteiger partial charge < -0.3 is 0 Å². The van der Waals surface area contributed by atoms with Crippen LogP contribution in [0, 0.1) is 0 Å². The second kappa shape index (κ2) is 8.15. The number of hydrogen-bond acceptors (Lipinski definition) is 0. The first kappa shape index (κ1) is 11.5. The van der Waals surface area contributed by atoms with E-state index in [1.165, 1.54) is 0 Å². The van der Waals surface area contributed by atoms with Crippen molar-refractivity contribution in [2.45, 2.75) is 0 Å². The van der Waals surface area contributed by atoms with Crippen molar-refractivity contribution < 1.29 is 21.9 Å². The third-order valence-electron chi connectivity index (χ3n) is 7.64. The largest absolute Gasteiger partial charge is 0.0636 e. The Hall–Kier alpha value is -5.20. The van der Waals surface area contributed by atoms with Crippen LogP contribution in [0.4, 0.5) is 0 Å². The Bertz CT molecular complexity index is 3290. The first-order valence-electron chi connectivity index (χ1n) is 20.6. The van der Waals surface area contributed by atoms with E-state index in [-0.39, 0.29) is 55.5 Å². The number of rotatable bonds is 2. The molecule has 0 spiro atoms. The average Bonchev–Trinajstić information content (AvgIpc) is 3.19. The van der Waals surface area contributed by atoms with E-state index in [2.05, 4.69) is 0 Å². The van der Waals surface area contributed by atoms with Crippen LogP contribution in [-0.4, -0.2) is 0 Å². The maximum absolute atomic E-state index is 9.33. The van der Waals surface area contributed by atoms with Crippen molar-refractivity contribution in [1.29, 1.82) is 0 Å². The topological polar surface area (TPSA) is 0 Å². The fourth-order valence-corrected chi connectivity index (χ4v) is 5.98. The minimum absolute atomic E-state index is 0.0166. The molecule has 9 aromatic rings. The summed E-state index contributed by atoms with van der Waals surface area (Å²) in [6.07, 6.45) is 0. The van der Waals surface area contributed by atoms with E-state index in [0.29, 0.717) is 32.7 Å². The van der Waals surface area contributed by atoms with Crippen molar-refractivity contribution in [3.8, 4) is 22.3 Å². The molecule has 0 atom stereocenters. The Labute approximate surface area is 254 Å². The van der Waals surface area contributed by atoms with Crippen molar-refractivity contribution in [3.63, 3.8) is 0 Å². The van der Waals surface area contributed by atoms with Gasteiger partial charge in [0, 0.05) is 0 Å². The molecule has 0 nitrogen and oxygen atoms in total. The smallest absolute Gasteiger partial charge is 0.0622 e. The van der Waals surface area contributed by atoms with Gasteiger partial charge in [-0.15, -0.1) is 0 Å². The van der Waals surface area contributed by atoms with Gasteiger partial charge in [-0.05, 0) is 92.9 Å². The highest BCUT2D eigenvalue weighted by Gasteiger charge is 2.18. The number of benzene rings is 9. The molecule has 0 amide bonds. The molecule has 0 radical (unpaired) electrons. The SMILES string of the molecule is [2H]c1c([2H])c([2H])c(-c2ccc3ccc4c(-c5c6c([2H])c([2H])c([2H])c([2H])c6c([2H])c6c([2H])c([2H])c7c([2H])c([2H])c([2H])c([2H])c7c56)ccc5ccc2c3c54)c([2H])c1[2H]. The minimum atomic E-state index is -0.622. The molecule has 9 rings (SSSR count). The molecule has 184 valence electrons. The zero-order chi connectivity index (χ0) is 40.1. The fourth-order valence-electron chi connectivity index (χ4n) is 5.98. The summed E-state index contributed by atoms with van der Waals surface area (Å²) in [7, 11) is 0. The molecular formula is C40H24. The standard InChI is InChI=1S/C40H24/c1-2-8-25(9-3-1)31-20-16-27-18-22-35-36(23-19-28-17-21-34(31)37(27)38(28)35)40-33-13-7-5-11-29(33)24-30-15-14-26-10-4-6-12-32(26)39(30)40/h1-24H/i1D,2D,3D,4D,5D,6D,7D,8D,9D,10D,11D,12D,13D,14D,15D,24D. The maximum atomic E-state index is 9.33. The molecule has 0 heteroatoms. The van der Waals surface area contributed by atoms with Crippen molar-refractivity contribution in [2.75, 3.05) is 0 Å². The molecule has 0 saturated carbocycles. The molecule has 0 fully saturated rings. The molecule has 0 aliphatic carbocycles. The van der Waals surface area contributed by atoms with E-state index >= 15 is 0 Å². The summed E-state index contributed by atoms with van der Waals surface area (Å²) in [6, 6.07) is 5.81. The highest BCUT2D eigenvalue weighted by molar-refractivity contribution is 6.30. The highest BCUT2D eigenvalue weighted by atomic mass is 14.2. The number of hydrogen-bond donors (Lipinski definition) is 0. The molecule has 0 aliphatic heterocycles. The van der Waals surface area contributed by atoms with Crippen LogP contribution in [0.3, 0.4) is 0 Å². The summed E-state index contributed by atoms with van der Waals surface area (Å²) in [5, 5.41) is 2.89. The van der Waals surface area contributed by atoms with Gasteiger partial charge in [-0.3, -0.25) is 0 Å². The van der Waals surface area contributed by atoms with E-state index in [1.54, 1.807) is 30.3 Å². The third kappa shape index (κ3) is 2.96. The molecular weight excluding hydrogens is 480 g/mol. The lowest BCUT2D eigenvalue weighted by atomic mass is 9.84. The van der Waals surface area contributed by atoms with Gasteiger partial charge in [-0.2, -0.15) is 0 Å². The van der Waals surface area contributed by atoms with E-state index < -0.39 is 84.6 Å². The third-order valence-corrected chi connectivity index (χ3v) is 7.64. The van der Waals surface area contributed by atoms with Crippen LogP contribution >= 0.6 is 0 Å². The Morgan fingerprint density at radius 3 is 1.70 bits per heavy atom. The average molecular weight is 521 g/mol. The van der Waals surface area contributed by atoms with Crippen LogP contribution in [0.25, 0.3) is 86.9 Å². The molecule has 0 saturated heterocycles. The lowest BCUT2D eigenvalue weighted by Gasteiger charge is -2.19. The predicted molar refractivity (Wildman–Crippen MR) is 174 cm³/mol. The minimum Gasteiger partial charge on any atom is -0.0622 e. The van der Waals surface area contributed by atoms with Gasteiger partial charge in [0.1, 0.15) is 0 Å². The summed E-state index contributed by atoms with van der Waals surface area (Å²) in [5.41, 5.74) is 0.848. The molecule has 0 aromatic heterocycles. The monoisotopic (exact) mass is 520 g/mol. The summed E-state index contributed by atoms with van der Waals surface area (Å²) in [4.78, 5) is 0. The van der Waals surface area contributed by atoms with Crippen LogP contribution in [-0.2, 0) is 0 Å². The van der Waals surface area contributed by atoms with E-state index in [9.17, 15) is 2.74 Å². The molecule has 40 heavy (non-hydrogen) atoms. The highest BCUT2D eigenvalue weighted by Crippen LogP contribution is 2.46. The van der Waals surface area contributed by atoms with Gasteiger partial charge in [0.2, 0.25) is 0 Å². The maximum Gasteiger partial charge on any atom is 0.0636 e. The van der Waals surface area contributed by atoms with Crippen molar-refractivity contribution in [1.82, 2.24) is 0 Å². The van der Waals surface area contributed by atoms with Gasteiger partial charge in [0.25, 0.3) is 0 Å². The van der Waals surface area contributed by atoms with Gasteiger partial charge >= 0.3 is 0 Å². The lowest BCUT2D eigenvalue weighted by molar-refractivity contribution is 1.66. The lowest BCUT2D eigenvalue weighted by Crippen LogP contribution is -1.91. The summed E-state index contributed by atoms with van der Waals surface area (Å²) in [6.45, 7) is 0. The second-order valence-electron chi connectivity index (χ2n) is 9.65. The Kier molecular flexibility index (Phi) is 2.34. The van der Waals surface area contributed by atoms with Crippen molar-refractivity contribution in [3.05, 3.63) is 145 Å². The quantitative estimate of drug-likeness (QED) is 0.157. The van der Waals surface area contributed by atoms with Gasteiger partial charge in [-0.1, -0.05) is 139 Å². The summed E-state index contributed by atoms with van der Waals surface area (Å²) in [5.74, 6) is 0. The second-order valence-corrected chi connectivity index (χ2v) is 9.65. The first-order chi connectivity index (χ1) is 26.5. The number of fused-ring (bicyclic) bond motifs is 4. The van der Waals surface area contributed by atoms with Crippen LogP contribution in [0.2, 0.25) is 0 Å². The molecule has 0 N–H and O–H groups in total. The Balaban J connectivity index is 1.56.